The van der Waals surface area contributed by atoms with Crippen molar-refractivity contribution in [2.75, 3.05) is 33.7 Å². The Morgan fingerprint density at radius 2 is 2.06 bits per heavy atom. The second-order valence-corrected chi connectivity index (χ2v) is 4.64. The molecule has 0 radical (unpaired) electrons. The zero-order valence-electron chi connectivity index (χ0n) is 11.8. The summed E-state index contributed by atoms with van der Waals surface area (Å²) in [6.45, 7) is 6.38. The van der Waals surface area contributed by atoms with Gasteiger partial charge in [-0.2, -0.15) is 0 Å². The topological polar surface area (TPSA) is 41.6 Å². The van der Waals surface area contributed by atoms with Crippen molar-refractivity contribution >= 4 is 5.97 Å². The quantitative estimate of drug-likeness (QED) is 0.469. The molecular formula is C13H28N2O2. The van der Waals surface area contributed by atoms with E-state index in [1.807, 2.05) is 14.1 Å². The maximum Gasteiger partial charge on any atom is 0.320 e. The van der Waals surface area contributed by atoms with Gasteiger partial charge in [0.25, 0.3) is 0 Å². The molecule has 0 bridgehead atoms. The molecule has 0 heterocycles. The van der Waals surface area contributed by atoms with E-state index in [9.17, 15) is 4.79 Å². The summed E-state index contributed by atoms with van der Waals surface area (Å²) in [7, 11) is 4.09. The molecule has 0 aliphatic carbocycles. The Morgan fingerprint density at radius 1 is 1.35 bits per heavy atom. The third-order valence-electron chi connectivity index (χ3n) is 2.59. The highest BCUT2D eigenvalue weighted by Crippen LogP contribution is 2.06. The minimum atomic E-state index is -0.129. The van der Waals surface area contributed by atoms with E-state index in [0.717, 1.165) is 38.8 Å². The molecule has 0 spiro atoms. The minimum absolute atomic E-state index is 0.0936. The molecule has 4 heteroatoms. The van der Waals surface area contributed by atoms with Crippen molar-refractivity contribution in [3.8, 4) is 0 Å². The van der Waals surface area contributed by atoms with Crippen LogP contribution in [0.4, 0.5) is 0 Å². The summed E-state index contributed by atoms with van der Waals surface area (Å²) in [5, 5.41) is 3.11. The molecule has 0 fully saturated rings. The summed E-state index contributed by atoms with van der Waals surface area (Å²) in [5.41, 5.74) is 0. The average molecular weight is 244 g/mol. The zero-order chi connectivity index (χ0) is 13.1. The maximum atomic E-state index is 11.5. The minimum Gasteiger partial charge on any atom is -0.461 e. The molecule has 0 aromatic carbocycles. The van der Waals surface area contributed by atoms with Crippen LogP contribution in [0.1, 0.15) is 39.5 Å². The molecule has 4 nitrogen and oxygen atoms in total. The lowest BCUT2D eigenvalue weighted by molar-refractivity contribution is -0.148. The lowest BCUT2D eigenvalue weighted by Crippen LogP contribution is -2.30. The van der Waals surface area contributed by atoms with Crippen LogP contribution >= 0.6 is 0 Å². The molecule has 0 saturated heterocycles. The van der Waals surface area contributed by atoms with Crippen LogP contribution in [0.2, 0.25) is 0 Å². The number of nitrogens with one attached hydrogen (secondary N) is 1. The summed E-state index contributed by atoms with van der Waals surface area (Å²) in [6, 6.07) is 0. The Kier molecular flexibility index (Phi) is 10.2. The molecule has 1 N–H and O–H groups in total. The van der Waals surface area contributed by atoms with Crippen LogP contribution in [0, 0.1) is 0 Å². The van der Waals surface area contributed by atoms with Crippen LogP contribution in [0.25, 0.3) is 0 Å². The number of rotatable bonds is 10. The van der Waals surface area contributed by atoms with E-state index in [2.05, 4.69) is 24.1 Å². The lowest BCUT2D eigenvalue weighted by Gasteiger charge is -2.15. The van der Waals surface area contributed by atoms with E-state index >= 15 is 0 Å². The van der Waals surface area contributed by atoms with Gasteiger partial charge in [0.1, 0.15) is 6.10 Å². The second kappa shape index (κ2) is 10.5. The van der Waals surface area contributed by atoms with E-state index in [-0.39, 0.29) is 12.1 Å². The van der Waals surface area contributed by atoms with Gasteiger partial charge in [-0.3, -0.25) is 4.79 Å². The predicted molar refractivity (Wildman–Crippen MR) is 71.1 cm³/mol. The van der Waals surface area contributed by atoms with Gasteiger partial charge in [0.05, 0.1) is 6.54 Å². The van der Waals surface area contributed by atoms with Gasteiger partial charge in [-0.1, -0.05) is 20.3 Å². The summed E-state index contributed by atoms with van der Waals surface area (Å²) in [4.78, 5) is 13.6. The summed E-state index contributed by atoms with van der Waals surface area (Å²) < 4.78 is 5.36. The molecule has 102 valence electrons. The SMILES string of the molecule is CCCC(CC)OC(=O)CNCCCN(C)C. The van der Waals surface area contributed by atoms with Gasteiger partial charge in [0.2, 0.25) is 0 Å². The Hall–Kier alpha value is -0.610. The van der Waals surface area contributed by atoms with Crippen LogP contribution in [-0.4, -0.2) is 50.7 Å². The number of hydrogen-bond donors (Lipinski definition) is 1. The zero-order valence-corrected chi connectivity index (χ0v) is 11.8. The van der Waals surface area contributed by atoms with E-state index in [1.54, 1.807) is 0 Å². The Morgan fingerprint density at radius 3 is 2.59 bits per heavy atom. The molecule has 1 atom stereocenters. The van der Waals surface area contributed by atoms with E-state index in [1.165, 1.54) is 0 Å². The van der Waals surface area contributed by atoms with Crippen LogP contribution < -0.4 is 5.32 Å². The number of esters is 1. The Labute approximate surface area is 106 Å². The highest BCUT2D eigenvalue weighted by Gasteiger charge is 2.10. The average Bonchev–Trinajstić information content (AvgIpc) is 2.27. The molecule has 0 aromatic heterocycles. The maximum absolute atomic E-state index is 11.5. The van der Waals surface area contributed by atoms with Crippen molar-refractivity contribution in [3.05, 3.63) is 0 Å². The largest absolute Gasteiger partial charge is 0.461 e. The lowest BCUT2D eigenvalue weighted by atomic mass is 10.2. The fourth-order valence-corrected chi connectivity index (χ4v) is 1.61. The highest BCUT2D eigenvalue weighted by molar-refractivity contribution is 5.71. The van der Waals surface area contributed by atoms with Crippen molar-refractivity contribution in [3.63, 3.8) is 0 Å². The first kappa shape index (κ1) is 16.4. The van der Waals surface area contributed by atoms with E-state index in [0.29, 0.717) is 6.54 Å². The van der Waals surface area contributed by atoms with E-state index < -0.39 is 0 Å². The third kappa shape index (κ3) is 10.3. The van der Waals surface area contributed by atoms with Crippen molar-refractivity contribution < 1.29 is 9.53 Å². The predicted octanol–water partition coefficient (Wildman–Crippen LogP) is 1.65. The van der Waals surface area contributed by atoms with Crippen LogP contribution in [0.5, 0.6) is 0 Å². The smallest absolute Gasteiger partial charge is 0.320 e. The van der Waals surface area contributed by atoms with Crippen molar-refractivity contribution in [2.24, 2.45) is 0 Å². The first-order valence-corrected chi connectivity index (χ1v) is 6.65. The van der Waals surface area contributed by atoms with Gasteiger partial charge in [-0.25, -0.2) is 0 Å². The molecule has 0 amide bonds. The molecule has 17 heavy (non-hydrogen) atoms. The van der Waals surface area contributed by atoms with Crippen molar-refractivity contribution in [1.82, 2.24) is 10.2 Å². The van der Waals surface area contributed by atoms with E-state index in [4.69, 9.17) is 4.74 Å². The van der Waals surface area contributed by atoms with Gasteiger partial charge in [-0.15, -0.1) is 0 Å². The molecule has 0 aliphatic rings. The van der Waals surface area contributed by atoms with Crippen LogP contribution in [0.3, 0.4) is 0 Å². The molecule has 0 saturated carbocycles. The van der Waals surface area contributed by atoms with Crippen LogP contribution in [0.15, 0.2) is 0 Å². The molecule has 0 rings (SSSR count). The van der Waals surface area contributed by atoms with Gasteiger partial charge in [0, 0.05) is 0 Å². The van der Waals surface area contributed by atoms with Crippen molar-refractivity contribution in [2.45, 2.75) is 45.6 Å². The summed E-state index contributed by atoms with van der Waals surface area (Å²) >= 11 is 0. The third-order valence-corrected chi connectivity index (χ3v) is 2.59. The summed E-state index contributed by atoms with van der Waals surface area (Å²) in [5.74, 6) is -0.129. The fourth-order valence-electron chi connectivity index (χ4n) is 1.61. The normalized spacial score (nSPS) is 12.8. The molecule has 1 unspecified atom stereocenters. The second-order valence-electron chi connectivity index (χ2n) is 4.64. The Balaban J connectivity index is 3.51. The number of carbonyl (C=O) groups excluding carboxylic acids is 1. The number of nitrogens with zero attached hydrogens (tertiary/aromatic N) is 1. The molecule has 0 aromatic rings. The molecule has 0 aliphatic heterocycles. The van der Waals surface area contributed by atoms with Crippen LogP contribution in [-0.2, 0) is 9.53 Å². The number of ether oxygens (including phenoxy) is 1. The van der Waals surface area contributed by atoms with Crippen molar-refractivity contribution in [1.29, 1.82) is 0 Å². The van der Waals surface area contributed by atoms with Gasteiger partial charge in [0.15, 0.2) is 0 Å². The first-order valence-electron chi connectivity index (χ1n) is 6.65. The standard InChI is InChI=1S/C13H28N2O2/c1-5-8-12(6-2)17-13(16)11-14-9-7-10-15(3)4/h12,14H,5-11H2,1-4H3. The fraction of sp³-hybridized carbons (Fsp3) is 0.923. The Bertz CT molecular complexity index is 196. The number of hydrogen-bond acceptors (Lipinski definition) is 4. The van der Waals surface area contributed by atoms with Gasteiger partial charge < -0.3 is 15.0 Å². The monoisotopic (exact) mass is 244 g/mol. The first-order chi connectivity index (χ1) is 8.10. The summed E-state index contributed by atoms with van der Waals surface area (Å²) in [6.07, 6.45) is 4.06. The van der Waals surface area contributed by atoms with Gasteiger partial charge in [-0.05, 0) is 46.4 Å². The highest BCUT2D eigenvalue weighted by atomic mass is 16.5. The van der Waals surface area contributed by atoms with Gasteiger partial charge >= 0.3 is 5.97 Å². The molecular weight excluding hydrogens is 216 g/mol. The number of carbonyl (C=O) groups is 1.